The number of carbonyl (C=O) groups is 1. The van der Waals surface area contributed by atoms with Crippen LogP contribution in [0.3, 0.4) is 0 Å². The van der Waals surface area contributed by atoms with E-state index in [2.05, 4.69) is 40.3 Å². The first-order valence-electron chi connectivity index (χ1n) is 11.3. The molecule has 1 spiro atoms. The van der Waals surface area contributed by atoms with E-state index in [1.807, 2.05) is 30.9 Å². The van der Waals surface area contributed by atoms with Gasteiger partial charge in [0.15, 0.2) is 11.5 Å². The average molecular weight is 429 g/mol. The predicted octanol–water partition coefficient (Wildman–Crippen LogP) is 4.99. The normalized spacial score (nSPS) is 16.5. The van der Waals surface area contributed by atoms with Crippen LogP contribution in [0, 0.1) is 0 Å². The Balaban J connectivity index is 1.52. The van der Waals surface area contributed by atoms with Gasteiger partial charge in [-0.15, -0.1) is 0 Å². The van der Waals surface area contributed by atoms with Crippen molar-refractivity contribution >= 4 is 17.4 Å². The molecule has 6 heteroatoms. The Kier molecular flexibility index (Phi) is 5.08. The Morgan fingerprint density at radius 1 is 1.03 bits per heavy atom. The fourth-order valence-electron chi connectivity index (χ4n) is 5.15. The van der Waals surface area contributed by atoms with Gasteiger partial charge in [-0.2, -0.15) is 0 Å². The summed E-state index contributed by atoms with van der Waals surface area (Å²) in [5.74, 6) is 0.866. The zero-order valence-corrected chi connectivity index (χ0v) is 18.5. The highest BCUT2D eigenvalue weighted by molar-refractivity contribution is 6.09. The maximum Gasteiger partial charge on any atom is 0.280 e. The van der Waals surface area contributed by atoms with Crippen molar-refractivity contribution in [1.29, 1.82) is 0 Å². The van der Waals surface area contributed by atoms with Crippen LogP contribution in [0.25, 0.3) is 11.1 Å². The highest BCUT2D eigenvalue weighted by Gasteiger charge is 2.47. The second-order valence-electron chi connectivity index (χ2n) is 9.09. The second-order valence-corrected chi connectivity index (χ2v) is 9.09. The molecule has 0 bridgehead atoms. The average Bonchev–Trinajstić information content (AvgIpc) is 3.39. The monoisotopic (exact) mass is 428 g/mol. The molecule has 1 aromatic heterocycles. The molecule has 32 heavy (non-hydrogen) atoms. The topological polar surface area (TPSA) is 81.3 Å². The standard InChI is InChI=1S/C26H28N4O2/c1-17(2)32-20-8-5-18(6-9-20)19-7-10-22-21(15-19)26(11-3-4-12-26)16-30(22)25(31)23-24(27)29-14-13-28-23/h5-10,13-15,17H,3-4,11-12,16H2,1-2H3,(H2,27,29). The molecule has 0 radical (unpaired) electrons. The Bertz CT molecular complexity index is 1150. The summed E-state index contributed by atoms with van der Waals surface area (Å²) in [6.07, 6.45) is 7.71. The number of fused-ring (bicyclic) bond motifs is 2. The van der Waals surface area contributed by atoms with E-state index in [-0.39, 0.29) is 28.9 Å². The van der Waals surface area contributed by atoms with Crippen LogP contribution in [-0.2, 0) is 5.41 Å². The quantitative estimate of drug-likeness (QED) is 0.633. The Labute approximate surface area is 188 Å². The molecule has 1 saturated carbocycles. The van der Waals surface area contributed by atoms with Crippen LogP contribution < -0.4 is 15.4 Å². The molecule has 1 amide bonds. The lowest BCUT2D eigenvalue weighted by Crippen LogP contribution is -2.36. The highest BCUT2D eigenvalue weighted by atomic mass is 16.5. The Hall–Kier alpha value is -3.41. The fraction of sp³-hybridized carbons (Fsp3) is 0.346. The maximum atomic E-state index is 13.4. The van der Waals surface area contributed by atoms with Gasteiger partial charge in [0, 0.05) is 30.0 Å². The number of nitrogens with two attached hydrogens (primary N) is 1. The number of hydrogen-bond donors (Lipinski definition) is 1. The summed E-state index contributed by atoms with van der Waals surface area (Å²) < 4.78 is 5.78. The van der Waals surface area contributed by atoms with Crippen LogP contribution in [0.2, 0.25) is 0 Å². The number of carbonyl (C=O) groups excluding carboxylic acids is 1. The minimum Gasteiger partial charge on any atom is -0.491 e. The van der Waals surface area contributed by atoms with Crippen molar-refractivity contribution in [3.8, 4) is 16.9 Å². The second kappa shape index (κ2) is 7.93. The SMILES string of the molecule is CC(C)Oc1ccc(-c2ccc3c(c2)C2(CCCC2)CN3C(=O)c2nccnc2N)cc1. The van der Waals surface area contributed by atoms with Crippen LogP contribution in [-0.4, -0.2) is 28.5 Å². The first-order valence-corrected chi connectivity index (χ1v) is 11.3. The number of benzene rings is 2. The summed E-state index contributed by atoms with van der Waals surface area (Å²) in [6.45, 7) is 4.72. The van der Waals surface area contributed by atoms with E-state index in [0.717, 1.165) is 35.4 Å². The van der Waals surface area contributed by atoms with Gasteiger partial charge in [-0.25, -0.2) is 9.97 Å². The third-order valence-electron chi connectivity index (χ3n) is 6.61. The van der Waals surface area contributed by atoms with E-state index < -0.39 is 0 Å². The third-order valence-corrected chi connectivity index (χ3v) is 6.61. The smallest absolute Gasteiger partial charge is 0.280 e. The van der Waals surface area contributed by atoms with Crippen molar-refractivity contribution in [3.05, 3.63) is 66.1 Å². The number of hydrogen-bond acceptors (Lipinski definition) is 5. The molecule has 5 rings (SSSR count). The molecule has 164 valence electrons. The Morgan fingerprint density at radius 3 is 2.41 bits per heavy atom. The van der Waals surface area contributed by atoms with Gasteiger partial charge < -0.3 is 15.4 Å². The number of rotatable bonds is 4. The van der Waals surface area contributed by atoms with Crippen molar-refractivity contribution < 1.29 is 9.53 Å². The van der Waals surface area contributed by atoms with Gasteiger partial charge in [0.25, 0.3) is 5.91 Å². The molecule has 2 N–H and O–H groups in total. The summed E-state index contributed by atoms with van der Waals surface area (Å²) in [6, 6.07) is 14.7. The molecule has 1 aliphatic heterocycles. The zero-order valence-electron chi connectivity index (χ0n) is 18.5. The van der Waals surface area contributed by atoms with Crippen molar-refractivity contribution in [3.63, 3.8) is 0 Å². The largest absolute Gasteiger partial charge is 0.491 e. The van der Waals surface area contributed by atoms with Crippen LogP contribution in [0.4, 0.5) is 11.5 Å². The number of nitrogens with zero attached hydrogens (tertiary/aromatic N) is 3. The number of nitrogen functional groups attached to an aromatic ring is 1. The third kappa shape index (κ3) is 3.49. The van der Waals surface area contributed by atoms with Gasteiger partial charge in [0.1, 0.15) is 5.75 Å². The molecule has 3 aromatic rings. The van der Waals surface area contributed by atoms with Crippen molar-refractivity contribution in [2.75, 3.05) is 17.2 Å². The van der Waals surface area contributed by atoms with E-state index in [1.165, 1.54) is 30.8 Å². The molecular weight excluding hydrogens is 400 g/mol. The van der Waals surface area contributed by atoms with Gasteiger partial charge in [-0.3, -0.25) is 4.79 Å². The molecule has 2 heterocycles. The number of ether oxygens (including phenoxy) is 1. The van der Waals surface area contributed by atoms with Gasteiger partial charge in [-0.05, 0) is 67.6 Å². The zero-order chi connectivity index (χ0) is 22.3. The molecule has 1 aliphatic carbocycles. The van der Waals surface area contributed by atoms with Crippen LogP contribution in [0.15, 0.2) is 54.9 Å². The lowest BCUT2D eigenvalue weighted by atomic mass is 9.80. The maximum absolute atomic E-state index is 13.4. The molecule has 0 saturated heterocycles. The van der Waals surface area contributed by atoms with E-state index >= 15 is 0 Å². The number of anilines is 2. The number of aromatic nitrogens is 2. The fourth-order valence-corrected chi connectivity index (χ4v) is 5.15. The van der Waals surface area contributed by atoms with Crippen LogP contribution >= 0.6 is 0 Å². The molecule has 2 aliphatic rings. The van der Waals surface area contributed by atoms with E-state index in [4.69, 9.17) is 10.5 Å². The lowest BCUT2D eigenvalue weighted by molar-refractivity contribution is 0.0981. The van der Waals surface area contributed by atoms with Crippen molar-refractivity contribution in [2.45, 2.75) is 51.0 Å². The van der Waals surface area contributed by atoms with E-state index in [1.54, 1.807) is 0 Å². The molecule has 0 unspecified atom stereocenters. The molecule has 1 fully saturated rings. The summed E-state index contributed by atoms with van der Waals surface area (Å²) in [5, 5.41) is 0. The van der Waals surface area contributed by atoms with E-state index in [9.17, 15) is 4.79 Å². The lowest BCUT2D eigenvalue weighted by Gasteiger charge is -2.25. The number of amides is 1. The summed E-state index contributed by atoms with van der Waals surface area (Å²) in [7, 11) is 0. The van der Waals surface area contributed by atoms with Gasteiger partial charge in [-0.1, -0.05) is 31.0 Å². The molecular formula is C26H28N4O2. The van der Waals surface area contributed by atoms with Gasteiger partial charge in [0.05, 0.1) is 6.10 Å². The van der Waals surface area contributed by atoms with E-state index in [0.29, 0.717) is 6.54 Å². The summed E-state index contributed by atoms with van der Waals surface area (Å²) >= 11 is 0. The first kappa shape index (κ1) is 20.5. The van der Waals surface area contributed by atoms with Crippen LogP contribution in [0.5, 0.6) is 5.75 Å². The first-order chi connectivity index (χ1) is 15.5. The minimum atomic E-state index is -0.177. The van der Waals surface area contributed by atoms with Gasteiger partial charge in [0.2, 0.25) is 0 Å². The predicted molar refractivity (Wildman–Crippen MR) is 126 cm³/mol. The highest BCUT2D eigenvalue weighted by Crippen LogP contribution is 2.51. The van der Waals surface area contributed by atoms with Gasteiger partial charge >= 0.3 is 0 Å². The molecule has 0 atom stereocenters. The Morgan fingerprint density at radius 2 is 1.72 bits per heavy atom. The molecule has 6 nitrogen and oxygen atoms in total. The molecule has 2 aromatic carbocycles. The minimum absolute atomic E-state index is 0.00132. The van der Waals surface area contributed by atoms with Crippen molar-refractivity contribution in [1.82, 2.24) is 9.97 Å². The summed E-state index contributed by atoms with van der Waals surface area (Å²) in [4.78, 5) is 23.5. The van der Waals surface area contributed by atoms with Crippen LogP contribution in [0.1, 0.15) is 55.6 Å². The summed E-state index contributed by atoms with van der Waals surface area (Å²) in [5.41, 5.74) is 10.7. The van der Waals surface area contributed by atoms with Crippen molar-refractivity contribution in [2.24, 2.45) is 0 Å².